The second-order valence-electron chi connectivity index (χ2n) is 4.61. The van der Waals surface area contributed by atoms with Crippen molar-refractivity contribution in [3.8, 4) is 6.07 Å². The summed E-state index contributed by atoms with van der Waals surface area (Å²) in [5, 5.41) is 8.82. The predicted octanol–water partition coefficient (Wildman–Crippen LogP) is 1.73. The molecule has 21 heavy (non-hydrogen) atoms. The summed E-state index contributed by atoms with van der Waals surface area (Å²) in [5.41, 5.74) is 0. The molecule has 0 radical (unpaired) electrons. The smallest absolute Gasteiger partial charge is 0.324 e. The Labute approximate surface area is 128 Å². The minimum atomic E-state index is -3.76. The molecule has 1 aliphatic heterocycles. The SMILES string of the molecule is CCOC(=O)C1CCCCN1S(=O)(=O)c1ccc(C#N)s1. The van der Waals surface area contributed by atoms with Crippen molar-refractivity contribution in [2.75, 3.05) is 13.2 Å². The van der Waals surface area contributed by atoms with Gasteiger partial charge in [0.15, 0.2) is 0 Å². The van der Waals surface area contributed by atoms with Crippen molar-refractivity contribution < 1.29 is 17.9 Å². The number of hydrogen-bond acceptors (Lipinski definition) is 6. The maximum absolute atomic E-state index is 12.7. The van der Waals surface area contributed by atoms with Gasteiger partial charge in [0.25, 0.3) is 10.0 Å². The fourth-order valence-electron chi connectivity index (χ4n) is 2.30. The minimum Gasteiger partial charge on any atom is -0.465 e. The Morgan fingerprint density at radius 2 is 2.29 bits per heavy atom. The van der Waals surface area contributed by atoms with Crippen molar-refractivity contribution in [3.63, 3.8) is 0 Å². The highest BCUT2D eigenvalue weighted by atomic mass is 32.2. The lowest BCUT2D eigenvalue weighted by molar-refractivity contribution is -0.148. The largest absolute Gasteiger partial charge is 0.465 e. The van der Waals surface area contributed by atoms with E-state index in [4.69, 9.17) is 10.00 Å². The van der Waals surface area contributed by atoms with E-state index in [1.807, 2.05) is 6.07 Å². The molecular weight excluding hydrogens is 312 g/mol. The van der Waals surface area contributed by atoms with Gasteiger partial charge in [-0.3, -0.25) is 4.79 Å². The van der Waals surface area contributed by atoms with Gasteiger partial charge in [-0.05, 0) is 38.3 Å². The first-order valence-electron chi connectivity index (χ1n) is 6.69. The van der Waals surface area contributed by atoms with E-state index in [1.54, 1.807) is 6.92 Å². The molecule has 0 bridgehead atoms. The van der Waals surface area contributed by atoms with Crippen molar-refractivity contribution >= 4 is 27.3 Å². The van der Waals surface area contributed by atoms with Crippen LogP contribution in [-0.4, -0.2) is 37.9 Å². The van der Waals surface area contributed by atoms with E-state index in [2.05, 4.69) is 0 Å². The van der Waals surface area contributed by atoms with Crippen molar-refractivity contribution in [2.24, 2.45) is 0 Å². The zero-order valence-electron chi connectivity index (χ0n) is 11.6. The molecule has 1 aliphatic rings. The summed E-state index contributed by atoms with van der Waals surface area (Å²) >= 11 is 0.918. The molecule has 114 valence electrons. The Balaban J connectivity index is 2.31. The van der Waals surface area contributed by atoms with Gasteiger partial charge in [-0.15, -0.1) is 11.3 Å². The highest BCUT2D eigenvalue weighted by molar-refractivity contribution is 7.91. The zero-order valence-corrected chi connectivity index (χ0v) is 13.2. The highest BCUT2D eigenvalue weighted by Crippen LogP contribution is 2.30. The molecular formula is C13H16N2O4S2. The number of thiophene rings is 1. The van der Waals surface area contributed by atoms with Gasteiger partial charge in [0.05, 0.1) is 6.61 Å². The molecule has 1 unspecified atom stereocenters. The van der Waals surface area contributed by atoms with Crippen molar-refractivity contribution in [1.29, 1.82) is 5.26 Å². The third-order valence-electron chi connectivity index (χ3n) is 3.27. The number of sulfonamides is 1. The van der Waals surface area contributed by atoms with Gasteiger partial charge in [0.2, 0.25) is 0 Å². The molecule has 0 N–H and O–H groups in total. The molecule has 1 aromatic heterocycles. The summed E-state index contributed by atoms with van der Waals surface area (Å²) in [6, 6.07) is 4.04. The number of piperidine rings is 1. The Morgan fingerprint density at radius 1 is 1.52 bits per heavy atom. The third kappa shape index (κ3) is 3.26. The van der Waals surface area contributed by atoms with Gasteiger partial charge in [-0.2, -0.15) is 9.57 Å². The average molecular weight is 328 g/mol. The van der Waals surface area contributed by atoms with Gasteiger partial charge in [-0.1, -0.05) is 0 Å². The monoisotopic (exact) mass is 328 g/mol. The molecule has 0 amide bonds. The van der Waals surface area contributed by atoms with E-state index in [9.17, 15) is 13.2 Å². The van der Waals surface area contributed by atoms with Gasteiger partial charge in [0, 0.05) is 6.54 Å². The molecule has 1 aromatic rings. The van der Waals surface area contributed by atoms with Gasteiger partial charge >= 0.3 is 5.97 Å². The first kappa shape index (κ1) is 15.9. The van der Waals surface area contributed by atoms with Crippen LogP contribution in [0.1, 0.15) is 31.1 Å². The highest BCUT2D eigenvalue weighted by Gasteiger charge is 2.39. The molecule has 1 atom stereocenters. The molecule has 6 nitrogen and oxygen atoms in total. The Morgan fingerprint density at radius 3 is 2.90 bits per heavy atom. The van der Waals surface area contributed by atoms with Gasteiger partial charge in [-0.25, -0.2) is 8.42 Å². The fourth-order valence-corrected chi connectivity index (χ4v) is 5.18. The lowest BCUT2D eigenvalue weighted by Gasteiger charge is -2.32. The molecule has 2 heterocycles. The second-order valence-corrected chi connectivity index (χ2v) is 7.81. The van der Waals surface area contributed by atoms with Crippen LogP contribution in [0.25, 0.3) is 0 Å². The van der Waals surface area contributed by atoms with Crippen LogP contribution >= 0.6 is 11.3 Å². The lowest BCUT2D eigenvalue weighted by atomic mass is 10.1. The van der Waals surface area contributed by atoms with Crippen LogP contribution in [0.3, 0.4) is 0 Å². The molecule has 2 rings (SSSR count). The molecule has 1 fully saturated rings. The van der Waals surface area contributed by atoms with Crippen molar-refractivity contribution in [2.45, 2.75) is 36.4 Å². The Hall–Kier alpha value is -1.43. The summed E-state index contributed by atoms with van der Waals surface area (Å²) in [7, 11) is -3.76. The maximum Gasteiger partial charge on any atom is 0.324 e. The molecule has 0 aliphatic carbocycles. The van der Waals surface area contributed by atoms with E-state index in [-0.39, 0.29) is 10.8 Å². The average Bonchev–Trinajstić information content (AvgIpc) is 2.97. The number of hydrogen-bond donors (Lipinski definition) is 0. The fraction of sp³-hybridized carbons (Fsp3) is 0.538. The van der Waals surface area contributed by atoms with Crippen LogP contribution in [0.2, 0.25) is 0 Å². The summed E-state index contributed by atoms with van der Waals surface area (Å²) in [6.07, 6.45) is 1.98. The lowest BCUT2D eigenvalue weighted by Crippen LogP contribution is -2.48. The number of rotatable bonds is 4. The van der Waals surface area contributed by atoms with Crippen molar-refractivity contribution in [1.82, 2.24) is 4.31 Å². The summed E-state index contributed by atoms with van der Waals surface area (Å²) < 4.78 is 31.6. The summed E-state index contributed by atoms with van der Waals surface area (Å²) in [5.74, 6) is -0.502. The minimum absolute atomic E-state index is 0.0928. The van der Waals surface area contributed by atoms with Crippen molar-refractivity contribution in [3.05, 3.63) is 17.0 Å². The number of ether oxygens (including phenoxy) is 1. The molecule has 0 spiro atoms. The van der Waals surface area contributed by atoms with Crippen LogP contribution in [0.15, 0.2) is 16.3 Å². The second kappa shape index (κ2) is 6.56. The Bertz CT molecular complexity index is 660. The zero-order chi connectivity index (χ0) is 15.5. The molecule has 1 saturated heterocycles. The first-order chi connectivity index (χ1) is 10.0. The first-order valence-corrected chi connectivity index (χ1v) is 8.94. The van der Waals surface area contributed by atoms with Crippen LogP contribution in [-0.2, 0) is 19.6 Å². The number of nitrogens with zero attached hydrogens (tertiary/aromatic N) is 2. The number of nitriles is 1. The van der Waals surface area contributed by atoms with Crippen LogP contribution in [0.5, 0.6) is 0 Å². The quantitative estimate of drug-likeness (QED) is 0.785. The molecule has 0 saturated carbocycles. The Kier molecular flexibility index (Phi) is 4.98. The number of carbonyl (C=O) groups is 1. The standard InChI is InChI=1S/C13H16N2O4S2/c1-2-19-13(16)11-5-3-4-8-15(11)21(17,18)12-7-6-10(9-14)20-12/h6-7,11H,2-5,8H2,1H3. The van der Waals surface area contributed by atoms with E-state index < -0.39 is 22.0 Å². The van der Waals surface area contributed by atoms with E-state index >= 15 is 0 Å². The number of esters is 1. The van der Waals surface area contributed by atoms with E-state index in [0.717, 1.165) is 17.8 Å². The third-order valence-corrected chi connectivity index (χ3v) is 6.63. The van der Waals surface area contributed by atoms with E-state index in [1.165, 1.54) is 16.4 Å². The van der Waals surface area contributed by atoms with Crippen LogP contribution < -0.4 is 0 Å². The van der Waals surface area contributed by atoms with Crippen LogP contribution in [0, 0.1) is 11.3 Å². The van der Waals surface area contributed by atoms with E-state index in [0.29, 0.717) is 24.3 Å². The van der Waals surface area contributed by atoms with Gasteiger partial charge < -0.3 is 4.74 Å². The normalized spacial score (nSPS) is 19.9. The van der Waals surface area contributed by atoms with Gasteiger partial charge in [0.1, 0.15) is 21.2 Å². The van der Waals surface area contributed by atoms with Crippen LogP contribution in [0.4, 0.5) is 0 Å². The molecule has 8 heteroatoms. The maximum atomic E-state index is 12.7. The summed E-state index contributed by atoms with van der Waals surface area (Å²) in [6.45, 7) is 2.21. The molecule has 0 aromatic carbocycles. The predicted molar refractivity (Wildman–Crippen MR) is 77.2 cm³/mol. The number of carbonyl (C=O) groups excluding carboxylic acids is 1. The summed E-state index contributed by atoms with van der Waals surface area (Å²) in [4.78, 5) is 12.3. The topological polar surface area (TPSA) is 87.5 Å².